The summed E-state index contributed by atoms with van der Waals surface area (Å²) in [6.45, 7) is 3.59. The first-order valence-corrected chi connectivity index (χ1v) is 9.51. The van der Waals surface area contributed by atoms with Crippen LogP contribution in [0.2, 0.25) is 0 Å². The molecular weight excluding hydrogens is 364 g/mol. The van der Waals surface area contributed by atoms with E-state index in [1.54, 1.807) is 26.0 Å². The third-order valence-electron chi connectivity index (χ3n) is 4.20. The summed E-state index contributed by atoms with van der Waals surface area (Å²) in [6, 6.07) is 4.93. The summed E-state index contributed by atoms with van der Waals surface area (Å²) in [5, 5.41) is 21.0. The number of fused-ring (bicyclic) bond motifs is 1. The molecule has 0 saturated carbocycles. The minimum absolute atomic E-state index is 0.137. The molecule has 3 rings (SSSR count). The number of thioether (sulfide) groups is 2. The van der Waals surface area contributed by atoms with Crippen molar-refractivity contribution in [3.8, 4) is 5.75 Å². The van der Waals surface area contributed by atoms with Crippen molar-refractivity contribution in [1.29, 1.82) is 0 Å². The summed E-state index contributed by atoms with van der Waals surface area (Å²) in [6.07, 6.45) is 0. The molecule has 1 aromatic rings. The number of β-lactam (4-membered cyclic amide) rings is 1. The zero-order valence-corrected chi connectivity index (χ0v) is 15.3. The maximum absolute atomic E-state index is 12.3. The maximum Gasteiger partial charge on any atom is 0.327 e. The summed E-state index contributed by atoms with van der Waals surface area (Å²) >= 11 is 2.70. The van der Waals surface area contributed by atoms with E-state index in [-0.39, 0.29) is 28.7 Å². The molecule has 0 aliphatic carbocycles. The lowest BCUT2D eigenvalue weighted by Crippen LogP contribution is -2.70. The average molecular weight is 382 g/mol. The van der Waals surface area contributed by atoms with E-state index in [2.05, 4.69) is 5.32 Å². The van der Waals surface area contributed by atoms with E-state index in [4.69, 9.17) is 0 Å². The molecule has 2 fully saturated rings. The van der Waals surface area contributed by atoms with Crippen LogP contribution in [0.1, 0.15) is 13.8 Å². The number of phenols is 1. The average Bonchev–Trinajstić information content (AvgIpc) is 2.80. The van der Waals surface area contributed by atoms with Gasteiger partial charge in [-0.1, -0.05) is 0 Å². The molecule has 1 aromatic carbocycles. The van der Waals surface area contributed by atoms with Crippen molar-refractivity contribution in [2.45, 2.75) is 40.9 Å². The Morgan fingerprint density at radius 3 is 2.56 bits per heavy atom. The smallest absolute Gasteiger partial charge is 0.327 e. The van der Waals surface area contributed by atoms with Crippen molar-refractivity contribution in [2.75, 3.05) is 5.75 Å². The normalized spacial score (nSPS) is 26.7. The van der Waals surface area contributed by atoms with Crippen LogP contribution in [-0.4, -0.2) is 60.9 Å². The zero-order chi connectivity index (χ0) is 18.4. The van der Waals surface area contributed by atoms with Gasteiger partial charge in [0.1, 0.15) is 23.2 Å². The van der Waals surface area contributed by atoms with Crippen molar-refractivity contribution in [3.63, 3.8) is 0 Å². The second-order valence-corrected chi connectivity index (χ2v) is 9.25. The first-order chi connectivity index (χ1) is 11.7. The van der Waals surface area contributed by atoms with Crippen molar-refractivity contribution < 1.29 is 24.6 Å². The Morgan fingerprint density at radius 1 is 1.32 bits per heavy atom. The van der Waals surface area contributed by atoms with Gasteiger partial charge < -0.3 is 20.4 Å². The molecule has 0 bridgehead atoms. The lowest BCUT2D eigenvalue weighted by molar-refractivity contribution is -0.160. The highest BCUT2D eigenvalue weighted by Gasteiger charge is 2.64. The summed E-state index contributed by atoms with van der Waals surface area (Å²) in [4.78, 5) is 38.0. The van der Waals surface area contributed by atoms with Crippen molar-refractivity contribution in [2.24, 2.45) is 0 Å². The van der Waals surface area contributed by atoms with Crippen LogP contribution in [0.25, 0.3) is 0 Å². The highest BCUT2D eigenvalue weighted by atomic mass is 32.2. The van der Waals surface area contributed by atoms with Crippen LogP contribution < -0.4 is 5.32 Å². The van der Waals surface area contributed by atoms with E-state index in [1.807, 2.05) is 0 Å². The summed E-state index contributed by atoms with van der Waals surface area (Å²) < 4.78 is -0.605. The number of benzene rings is 1. The van der Waals surface area contributed by atoms with Crippen molar-refractivity contribution in [3.05, 3.63) is 24.3 Å². The molecule has 0 spiro atoms. The fraction of sp³-hybridized carbons (Fsp3) is 0.438. The number of amides is 2. The molecule has 0 unspecified atom stereocenters. The second kappa shape index (κ2) is 6.45. The third-order valence-corrected chi connectivity index (χ3v) is 6.78. The van der Waals surface area contributed by atoms with E-state index in [9.17, 15) is 24.6 Å². The van der Waals surface area contributed by atoms with Gasteiger partial charge in [-0.25, -0.2) is 4.79 Å². The highest BCUT2D eigenvalue weighted by Crippen LogP contribution is 2.50. The van der Waals surface area contributed by atoms with Gasteiger partial charge in [0, 0.05) is 9.64 Å². The number of aromatic hydroxyl groups is 1. The first kappa shape index (κ1) is 17.9. The fourth-order valence-corrected chi connectivity index (χ4v) is 5.39. The number of carboxylic acids is 1. The standard InChI is InChI=1S/C16H18N2O5S2/c1-16(2)12(15(22)23)18-13(21)11(14(18)25-16)17-10(20)7-24-9-5-3-8(19)4-6-9/h3-6,11-12,14,19H,7H2,1-2H3,(H,17,20)(H,22,23)/t11-,12+,14-/m1/s1. The number of nitrogens with zero attached hydrogens (tertiary/aromatic N) is 1. The van der Waals surface area contributed by atoms with Gasteiger partial charge in [0.2, 0.25) is 11.8 Å². The van der Waals surface area contributed by atoms with Gasteiger partial charge in [0.25, 0.3) is 0 Å². The summed E-state index contributed by atoms with van der Waals surface area (Å²) in [7, 11) is 0. The fourth-order valence-electron chi connectivity index (χ4n) is 3.05. The minimum atomic E-state index is -1.03. The van der Waals surface area contributed by atoms with Crippen LogP contribution in [-0.2, 0) is 14.4 Å². The Kier molecular flexibility index (Phi) is 4.63. The first-order valence-electron chi connectivity index (χ1n) is 7.65. The van der Waals surface area contributed by atoms with Gasteiger partial charge in [0.15, 0.2) is 0 Å². The van der Waals surface area contributed by atoms with Crippen LogP contribution in [0.5, 0.6) is 5.75 Å². The van der Waals surface area contributed by atoms with Crippen LogP contribution in [0.4, 0.5) is 0 Å². The lowest BCUT2D eigenvalue weighted by atomic mass is 9.96. The Bertz CT molecular complexity index is 722. The monoisotopic (exact) mass is 382 g/mol. The Balaban J connectivity index is 1.57. The molecule has 0 aromatic heterocycles. The molecular formula is C16H18N2O5S2. The molecule has 25 heavy (non-hydrogen) atoms. The lowest BCUT2D eigenvalue weighted by Gasteiger charge is -2.43. The topological polar surface area (TPSA) is 107 Å². The molecule has 2 aliphatic rings. The number of carbonyl (C=O) groups is 3. The number of carbonyl (C=O) groups excluding carboxylic acids is 2. The van der Waals surface area contributed by atoms with Gasteiger partial charge in [0.05, 0.1) is 5.75 Å². The highest BCUT2D eigenvalue weighted by molar-refractivity contribution is 8.01. The number of hydrogen-bond donors (Lipinski definition) is 3. The van der Waals surface area contributed by atoms with E-state index in [0.29, 0.717) is 0 Å². The molecule has 7 nitrogen and oxygen atoms in total. The van der Waals surface area contributed by atoms with Crippen molar-refractivity contribution >= 4 is 41.3 Å². The van der Waals surface area contributed by atoms with E-state index in [1.165, 1.54) is 40.6 Å². The predicted molar refractivity (Wildman–Crippen MR) is 94.5 cm³/mol. The van der Waals surface area contributed by atoms with Gasteiger partial charge in [-0.05, 0) is 38.1 Å². The van der Waals surface area contributed by atoms with E-state index in [0.717, 1.165) is 4.90 Å². The minimum Gasteiger partial charge on any atom is -0.508 e. The second-order valence-electron chi connectivity index (χ2n) is 6.43. The van der Waals surface area contributed by atoms with E-state index >= 15 is 0 Å². The number of carboxylic acid groups (broad SMARTS) is 1. The number of rotatable bonds is 5. The summed E-state index contributed by atoms with van der Waals surface area (Å²) in [5.74, 6) is -1.37. The van der Waals surface area contributed by atoms with E-state index < -0.39 is 22.8 Å². The maximum atomic E-state index is 12.3. The quantitative estimate of drug-likeness (QED) is 0.517. The van der Waals surface area contributed by atoms with Gasteiger partial charge in [-0.3, -0.25) is 9.59 Å². The van der Waals surface area contributed by atoms with Gasteiger partial charge >= 0.3 is 5.97 Å². The molecule has 3 N–H and O–H groups in total. The molecule has 2 aliphatic heterocycles. The molecule has 2 heterocycles. The van der Waals surface area contributed by atoms with Crippen LogP contribution in [0, 0.1) is 0 Å². The molecule has 0 radical (unpaired) electrons. The number of nitrogens with one attached hydrogen (secondary N) is 1. The predicted octanol–water partition coefficient (Wildman–Crippen LogP) is 1.12. The van der Waals surface area contributed by atoms with Gasteiger partial charge in [-0.15, -0.1) is 23.5 Å². The Morgan fingerprint density at radius 2 is 1.96 bits per heavy atom. The molecule has 2 amide bonds. The molecule has 3 atom stereocenters. The number of hydrogen-bond acceptors (Lipinski definition) is 6. The van der Waals surface area contributed by atoms with Crippen LogP contribution >= 0.6 is 23.5 Å². The molecule has 134 valence electrons. The molecule has 9 heteroatoms. The zero-order valence-electron chi connectivity index (χ0n) is 13.6. The van der Waals surface area contributed by atoms with Crippen LogP contribution in [0.15, 0.2) is 29.2 Å². The number of aliphatic carboxylic acids is 1. The van der Waals surface area contributed by atoms with Crippen LogP contribution in [0.3, 0.4) is 0 Å². The third kappa shape index (κ3) is 3.30. The summed E-state index contributed by atoms with van der Waals surface area (Å²) in [5.41, 5.74) is 0. The molecule has 2 saturated heterocycles. The largest absolute Gasteiger partial charge is 0.508 e. The van der Waals surface area contributed by atoms with Gasteiger partial charge in [-0.2, -0.15) is 0 Å². The van der Waals surface area contributed by atoms with Crippen molar-refractivity contribution in [1.82, 2.24) is 10.2 Å². The SMILES string of the molecule is CC1(C)S[C@@H]2[C@H](NC(=O)CSc3ccc(O)cc3)C(=O)N2[C@H]1C(=O)O. The Hall–Kier alpha value is -1.87. The number of phenolic OH excluding ortho intramolecular Hbond substituents is 1. The Labute approximate surface area is 153 Å².